The summed E-state index contributed by atoms with van der Waals surface area (Å²) in [6.07, 6.45) is 1.88. The van der Waals surface area contributed by atoms with Crippen LogP contribution < -0.4 is 4.90 Å². The SMILES string of the molecule is C=Cc1ccc(-c2ccc(-c3ccc(N(c4ccccc4)c4ccc5c(c4)C(C)(C)c4cc(-n6c7ccccc7c7ccccc76)ccc4-5)cc3)cc2)cc1. The smallest absolute Gasteiger partial charge is 0.0541 e. The maximum Gasteiger partial charge on any atom is 0.0541 e. The summed E-state index contributed by atoms with van der Waals surface area (Å²) in [6.45, 7) is 8.63. The fraction of sp³-hybridized carbons (Fsp3) is 0.0566. The Morgan fingerprint density at radius 3 is 1.49 bits per heavy atom. The van der Waals surface area contributed by atoms with Crippen molar-refractivity contribution in [1.29, 1.82) is 0 Å². The largest absolute Gasteiger partial charge is 0.310 e. The molecule has 8 aromatic carbocycles. The number of hydrogen-bond donors (Lipinski definition) is 0. The summed E-state index contributed by atoms with van der Waals surface area (Å²) < 4.78 is 2.42. The molecule has 10 rings (SSSR count). The number of hydrogen-bond acceptors (Lipinski definition) is 1. The van der Waals surface area contributed by atoms with Crippen molar-refractivity contribution in [2.75, 3.05) is 4.90 Å². The second kappa shape index (κ2) is 12.9. The fourth-order valence-corrected chi connectivity index (χ4v) is 8.69. The van der Waals surface area contributed by atoms with Gasteiger partial charge >= 0.3 is 0 Å². The van der Waals surface area contributed by atoms with Gasteiger partial charge in [-0.25, -0.2) is 0 Å². The lowest BCUT2D eigenvalue weighted by molar-refractivity contribution is 0.660. The average molecular weight is 705 g/mol. The van der Waals surface area contributed by atoms with Crippen LogP contribution >= 0.6 is 0 Å². The van der Waals surface area contributed by atoms with Crippen LogP contribution in [0.4, 0.5) is 17.1 Å². The number of nitrogens with zero attached hydrogens (tertiary/aromatic N) is 2. The van der Waals surface area contributed by atoms with Crippen LogP contribution in [0.5, 0.6) is 0 Å². The van der Waals surface area contributed by atoms with Gasteiger partial charge in [-0.3, -0.25) is 0 Å². The molecule has 0 aliphatic heterocycles. The van der Waals surface area contributed by atoms with Crippen LogP contribution in [0.1, 0.15) is 30.5 Å². The molecule has 0 spiro atoms. The molecule has 0 unspecified atom stereocenters. The number of rotatable bonds is 7. The number of para-hydroxylation sites is 3. The molecule has 1 aliphatic rings. The van der Waals surface area contributed by atoms with E-state index in [9.17, 15) is 0 Å². The van der Waals surface area contributed by atoms with Gasteiger partial charge in [0, 0.05) is 38.9 Å². The Balaban J connectivity index is 1.00. The van der Waals surface area contributed by atoms with E-state index in [0.29, 0.717) is 0 Å². The number of benzene rings is 8. The topological polar surface area (TPSA) is 8.17 Å². The average Bonchev–Trinajstić information content (AvgIpc) is 3.69. The molecular weight excluding hydrogens is 665 g/mol. The predicted octanol–water partition coefficient (Wildman–Crippen LogP) is 14.5. The molecule has 0 radical (unpaired) electrons. The van der Waals surface area contributed by atoms with Crippen LogP contribution in [0.25, 0.3) is 66.9 Å². The number of aromatic nitrogens is 1. The van der Waals surface area contributed by atoms with E-state index in [1.54, 1.807) is 0 Å². The summed E-state index contributed by atoms with van der Waals surface area (Å²) in [5, 5.41) is 2.56. The minimum absolute atomic E-state index is 0.193. The van der Waals surface area contributed by atoms with Gasteiger partial charge in [0.25, 0.3) is 0 Å². The molecule has 55 heavy (non-hydrogen) atoms. The van der Waals surface area contributed by atoms with E-state index < -0.39 is 0 Å². The van der Waals surface area contributed by atoms with Crippen LogP contribution in [-0.4, -0.2) is 4.57 Å². The van der Waals surface area contributed by atoms with Crippen molar-refractivity contribution in [3.05, 3.63) is 211 Å². The Labute approximate surface area is 322 Å². The molecule has 0 amide bonds. The zero-order chi connectivity index (χ0) is 37.1. The Morgan fingerprint density at radius 2 is 0.909 bits per heavy atom. The summed E-state index contributed by atoms with van der Waals surface area (Å²) in [5.41, 5.74) is 18.1. The van der Waals surface area contributed by atoms with Crippen LogP contribution in [0.15, 0.2) is 195 Å². The third-order valence-corrected chi connectivity index (χ3v) is 11.6. The molecule has 2 nitrogen and oxygen atoms in total. The first-order valence-corrected chi connectivity index (χ1v) is 19.0. The van der Waals surface area contributed by atoms with E-state index in [0.717, 1.165) is 22.6 Å². The van der Waals surface area contributed by atoms with Gasteiger partial charge in [0.1, 0.15) is 0 Å². The van der Waals surface area contributed by atoms with Gasteiger partial charge in [0.2, 0.25) is 0 Å². The van der Waals surface area contributed by atoms with E-state index >= 15 is 0 Å². The van der Waals surface area contributed by atoms with Crippen molar-refractivity contribution in [3.63, 3.8) is 0 Å². The molecule has 0 saturated carbocycles. The molecule has 0 fully saturated rings. The number of fused-ring (bicyclic) bond motifs is 6. The number of anilines is 3. The highest BCUT2D eigenvalue weighted by molar-refractivity contribution is 6.09. The Hall–Kier alpha value is -6.90. The monoisotopic (exact) mass is 704 g/mol. The highest BCUT2D eigenvalue weighted by Gasteiger charge is 2.36. The van der Waals surface area contributed by atoms with Crippen LogP contribution in [0, 0.1) is 0 Å². The lowest BCUT2D eigenvalue weighted by Crippen LogP contribution is -2.17. The highest BCUT2D eigenvalue weighted by atomic mass is 15.1. The minimum atomic E-state index is -0.193. The Morgan fingerprint density at radius 1 is 0.455 bits per heavy atom. The lowest BCUT2D eigenvalue weighted by Gasteiger charge is -2.28. The summed E-state index contributed by atoms with van der Waals surface area (Å²) in [6, 6.07) is 68.6. The van der Waals surface area contributed by atoms with Crippen LogP contribution in [0.3, 0.4) is 0 Å². The lowest BCUT2D eigenvalue weighted by atomic mass is 9.82. The van der Waals surface area contributed by atoms with Crippen molar-refractivity contribution in [2.24, 2.45) is 0 Å². The minimum Gasteiger partial charge on any atom is -0.310 e. The van der Waals surface area contributed by atoms with Gasteiger partial charge in [-0.2, -0.15) is 0 Å². The van der Waals surface area contributed by atoms with Crippen molar-refractivity contribution in [2.45, 2.75) is 19.3 Å². The van der Waals surface area contributed by atoms with Gasteiger partial charge in [-0.1, -0.05) is 154 Å². The predicted molar refractivity (Wildman–Crippen MR) is 234 cm³/mol. The molecule has 262 valence electrons. The standard InChI is InChI=1S/C53H40N2/c1-4-36-18-20-37(21-19-36)38-22-24-39(25-23-38)40-26-28-42(29-27-40)54(41-12-6-5-7-13-41)43-30-32-45-46-33-31-44(35-50(46)53(2,3)49(45)34-43)55-51-16-10-8-14-47(51)48-15-9-11-17-52(48)55/h4-35H,1H2,2-3H3. The first-order chi connectivity index (χ1) is 27.0. The van der Waals surface area contributed by atoms with E-state index in [1.807, 2.05) is 6.08 Å². The highest BCUT2D eigenvalue weighted by Crippen LogP contribution is 2.51. The van der Waals surface area contributed by atoms with Crippen molar-refractivity contribution < 1.29 is 0 Å². The van der Waals surface area contributed by atoms with E-state index in [4.69, 9.17) is 0 Å². The second-order valence-corrected chi connectivity index (χ2v) is 15.1. The summed E-state index contributed by atoms with van der Waals surface area (Å²) >= 11 is 0. The van der Waals surface area contributed by atoms with Crippen molar-refractivity contribution in [1.82, 2.24) is 4.57 Å². The van der Waals surface area contributed by atoms with Crippen molar-refractivity contribution >= 4 is 44.9 Å². The molecule has 9 aromatic rings. The summed E-state index contributed by atoms with van der Waals surface area (Å²) in [4.78, 5) is 2.38. The zero-order valence-electron chi connectivity index (χ0n) is 31.1. The normalized spacial score (nSPS) is 12.8. The molecule has 0 N–H and O–H groups in total. The Kier molecular flexibility index (Phi) is 7.67. The van der Waals surface area contributed by atoms with Crippen molar-refractivity contribution in [3.8, 4) is 39.1 Å². The quantitative estimate of drug-likeness (QED) is 0.160. The third kappa shape index (κ3) is 5.41. The molecule has 1 aromatic heterocycles. The van der Waals surface area contributed by atoms with Gasteiger partial charge in [-0.15, -0.1) is 0 Å². The van der Waals surface area contributed by atoms with Gasteiger partial charge in [0.05, 0.1) is 11.0 Å². The zero-order valence-corrected chi connectivity index (χ0v) is 31.1. The van der Waals surface area contributed by atoms with Crippen LogP contribution in [-0.2, 0) is 5.41 Å². The van der Waals surface area contributed by atoms with E-state index in [1.165, 1.54) is 72.0 Å². The first-order valence-electron chi connectivity index (χ1n) is 19.0. The maximum atomic E-state index is 3.88. The summed E-state index contributed by atoms with van der Waals surface area (Å²) in [7, 11) is 0. The van der Waals surface area contributed by atoms with Gasteiger partial charge in [0.15, 0.2) is 0 Å². The van der Waals surface area contributed by atoms with Gasteiger partial charge < -0.3 is 9.47 Å². The molecule has 1 aliphatic carbocycles. The van der Waals surface area contributed by atoms with Crippen LogP contribution in [0.2, 0.25) is 0 Å². The third-order valence-electron chi connectivity index (χ3n) is 11.6. The first kappa shape index (κ1) is 32.7. The summed E-state index contributed by atoms with van der Waals surface area (Å²) in [5.74, 6) is 0. The molecule has 0 atom stereocenters. The molecule has 0 bridgehead atoms. The molecular formula is C53H40N2. The molecule has 2 heteroatoms. The fourth-order valence-electron chi connectivity index (χ4n) is 8.69. The second-order valence-electron chi connectivity index (χ2n) is 15.1. The maximum absolute atomic E-state index is 3.88. The molecule has 0 saturated heterocycles. The van der Waals surface area contributed by atoms with E-state index in [2.05, 4.69) is 218 Å². The van der Waals surface area contributed by atoms with E-state index in [-0.39, 0.29) is 5.41 Å². The van der Waals surface area contributed by atoms with Gasteiger partial charge in [-0.05, 0) is 111 Å². The Bertz CT molecular complexity index is 2820. The molecule has 1 heterocycles.